The van der Waals surface area contributed by atoms with Gasteiger partial charge in [0.1, 0.15) is 5.75 Å². The SMILES string of the molecule is COc1ccc(CCNC(=O)C(C)Cc2ccc(Cl)cc2)cc1. The maximum absolute atomic E-state index is 12.1. The molecule has 0 spiro atoms. The molecular weight excluding hydrogens is 310 g/mol. The Balaban J connectivity index is 1.75. The lowest BCUT2D eigenvalue weighted by Crippen LogP contribution is -2.31. The average molecular weight is 332 g/mol. The van der Waals surface area contributed by atoms with Crippen molar-refractivity contribution in [3.63, 3.8) is 0 Å². The van der Waals surface area contributed by atoms with Crippen LogP contribution in [-0.2, 0) is 17.6 Å². The molecule has 1 atom stereocenters. The highest BCUT2D eigenvalue weighted by atomic mass is 35.5. The monoisotopic (exact) mass is 331 g/mol. The fourth-order valence-electron chi connectivity index (χ4n) is 2.36. The van der Waals surface area contributed by atoms with Crippen molar-refractivity contribution in [2.45, 2.75) is 19.8 Å². The molecule has 0 aliphatic heterocycles. The summed E-state index contributed by atoms with van der Waals surface area (Å²) < 4.78 is 5.13. The second-order valence-electron chi connectivity index (χ2n) is 5.62. The first-order valence-corrected chi connectivity index (χ1v) is 8.11. The molecule has 0 heterocycles. The number of hydrogen-bond acceptors (Lipinski definition) is 2. The predicted octanol–water partition coefficient (Wildman–Crippen LogP) is 3.89. The second-order valence-corrected chi connectivity index (χ2v) is 6.06. The summed E-state index contributed by atoms with van der Waals surface area (Å²) >= 11 is 5.87. The Morgan fingerprint density at radius 2 is 1.70 bits per heavy atom. The molecule has 0 aromatic heterocycles. The highest BCUT2D eigenvalue weighted by molar-refractivity contribution is 6.30. The van der Waals surface area contributed by atoms with Gasteiger partial charge in [-0.3, -0.25) is 4.79 Å². The van der Waals surface area contributed by atoms with Crippen LogP contribution in [-0.4, -0.2) is 19.6 Å². The number of rotatable bonds is 7. The van der Waals surface area contributed by atoms with E-state index in [0.717, 1.165) is 17.7 Å². The van der Waals surface area contributed by atoms with Crippen LogP contribution in [0, 0.1) is 5.92 Å². The lowest BCUT2D eigenvalue weighted by Gasteiger charge is -2.12. The topological polar surface area (TPSA) is 38.3 Å². The molecule has 23 heavy (non-hydrogen) atoms. The molecule has 0 saturated heterocycles. The van der Waals surface area contributed by atoms with Crippen molar-refractivity contribution >= 4 is 17.5 Å². The Morgan fingerprint density at radius 1 is 1.09 bits per heavy atom. The Hall–Kier alpha value is -2.00. The van der Waals surface area contributed by atoms with Crippen LogP contribution in [0.4, 0.5) is 0 Å². The van der Waals surface area contributed by atoms with Crippen LogP contribution in [0.15, 0.2) is 48.5 Å². The summed E-state index contributed by atoms with van der Waals surface area (Å²) in [7, 11) is 1.65. The zero-order valence-electron chi connectivity index (χ0n) is 13.5. The second kappa shape index (κ2) is 8.59. The summed E-state index contributed by atoms with van der Waals surface area (Å²) in [4.78, 5) is 12.1. The number of hydrogen-bond donors (Lipinski definition) is 1. The van der Waals surface area contributed by atoms with Gasteiger partial charge in [-0.05, 0) is 48.2 Å². The van der Waals surface area contributed by atoms with E-state index in [-0.39, 0.29) is 11.8 Å². The van der Waals surface area contributed by atoms with Crippen LogP contribution < -0.4 is 10.1 Å². The standard InChI is InChI=1S/C19H22ClNO2/c1-14(13-16-3-7-17(20)8-4-16)19(22)21-12-11-15-5-9-18(23-2)10-6-15/h3-10,14H,11-13H2,1-2H3,(H,21,22). The molecule has 0 radical (unpaired) electrons. The van der Waals surface area contributed by atoms with Gasteiger partial charge in [-0.15, -0.1) is 0 Å². The van der Waals surface area contributed by atoms with Gasteiger partial charge in [-0.25, -0.2) is 0 Å². The van der Waals surface area contributed by atoms with Gasteiger partial charge in [0.25, 0.3) is 0 Å². The van der Waals surface area contributed by atoms with Crippen molar-refractivity contribution in [2.75, 3.05) is 13.7 Å². The van der Waals surface area contributed by atoms with E-state index in [9.17, 15) is 4.79 Å². The molecule has 3 nitrogen and oxygen atoms in total. The number of ether oxygens (including phenoxy) is 1. The molecule has 2 aromatic carbocycles. The summed E-state index contributed by atoms with van der Waals surface area (Å²) in [5, 5.41) is 3.71. The summed E-state index contributed by atoms with van der Waals surface area (Å²) in [5.74, 6) is 0.856. The number of carbonyl (C=O) groups excluding carboxylic acids is 1. The van der Waals surface area contributed by atoms with Gasteiger partial charge in [0.2, 0.25) is 5.91 Å². The van der Waals surface area contributed by atoms with Crippen LogP contribution in [0.2, 0.25) is 5.02 Å². The van der Waals surface area contributed by atoms with Crippen molar-refractivity contribution in [2.24, 2.45) is 5.92 Å². The third-order valence-electron chi connectivity index (χ3n) is 3.77. The lowest BCUT2D eigenvalue weighted by molar-refractivity contribution is -0.124. The third kappa shape index (κ3) is 5.61. The normalized spacial score (nSPS) is 11.8. The maximum atomic E-state index is 12.1. The Bertz CT molecular complexity index is 623. The van der Waals surface area contributed by atoms with Crippen LogP contribution in [0.25, 0.3) is 0 Å². The highest BCUT2D eigenvalue weighted by Crippen LogP contribution is 2.14. The first kappa shape index (κ1) is 17.4. The molecular formula is C19H22ClNO2. The molecule has 2 rings (SSSR count). The van der Waals surface area contributed by atoms with Gasteiger partial charge < -0.3 is 10.1 Å². The zero-order valence-corrected chi connectivity index (χ0v) is 14.3. The number of methoxy groups -OCH3 is 1. The zero-order chi connectivity index (χ0) is 16.7. The fourth-order valence-corrected chi connectivity index (χ4v) is 2.49. The minimum absolute atomic E-state index is 0.0629. The molecule has 2 aromatic rings. The molecule has 0 aliphatic carbocycles. The van der Waals surface area contributed by atoms with Crippen molar-refractivity contribution in [1.82, 2.24) is 5.32 Å². The molecule has 0 bridgehead atoms. The minimum atomic E-state index is -0.0629. The summed E-state index contributed by atoms with van der Waals surface area (Å²) in [5.41, 5.74) is 2.30. The van der Waals surface area contributed by atoms with E-state index >= 15 is 0 Å². The number of halogens is 1. The number of nitrogens with one attached hydrogen (secondary N) is 1. The van der Waals surface area contributed by atoms with Crippen LogP contribution in [0.1, 0.15) is 18.1 Å². The number of amides is 1. The number of benzene rings is 2. The third-order valence-corrected chi connectivity index (χ3v) is 4.03. The summed E-state index contributed by atoms with van der Waals surface area (Å²) in [6.45, 7) is 2.58. The summed E-state index contributed by atoms with van der Waals surface area (Å²) in [6, 6.07) is 15.5. The molecule has 0 saturated carbocycles. The van der Waals surface area contributed by atoms with Gasteiger partial charge in [0.05, 0.1) is 7.11 Å². The Labute approximate surface area is 142 Å². The maximum Gasteiger partial charge on any atom is 0.223 e. The largest absolute Gasteiger partial charge is 0.497 e. The minimum Gasteiger partial charge on any atom is -0.497 e. The highest BCUT2D eigenvalue weighted by Gasteiger charge is 2.13. The average Bonchev–Trinajstić information content (AvgIpc) is 2.57. The molecule has 0 aliphatic rings. The molecule has 0 fully saturated rings. The van der Waals surface area contributed by atoms with E-state index in [2.05, 4.69) is 5.32 Å². The van der Waals surface area contributed by atoms with E-state index in [1.54, 1.807) is 7.11 Å². The van der Waals surface area contributed by atoms with Gasteiger partial charge in [0, 0.05) is 17.5 Å². The van der Waals surface area contributed by atoms with E-state index < -0.39 is 0 Å². The van der Waals surface area contributed by atoms with Crippen molar-refractivity contribution < 1.29 is 9.53 Å². The molecule has 1 amide bonds. The molecule has 122 valence electrons. The summed E-state index contributed by atoms with van der Waals surface area (Å²) in [6.07, 6.45) is 1.52. The first-order valence-electron chi connectivity index (χ1n) is 7.73. The van der Waals surface area contributed by atoms with E-state index in [0.29, 0.717) is 18.0 Å². The van der Waals surface area contributed by atoms with Crippen molar-refractivity contribution in [3.05, 3.63) is 64.7 Å². The van der Waals surface area contributed by atoms with Gasteiger partial charge in [-0.1, -0.05) is 42.8 Å². The first-order chi connectivity index (χ1) is 11.1. The van der Waals surface area contributed by atoms with Gasteiger partial charge in [0.15, 0.2) is 0 Å². The van der Waals surface area contributed by atoms with Crippen LogP contribution in [0.3, 0.4) is 0 Å². The van der Waals surface area contributed by atoms with Crippen LogP contribution in [0.5, 0.6) is 5.75 Å². The molecule has 1 N–H and O–H groups in total. The van der Waals surface area contributed by atoms with Crippen molar-refractivity contribution in [1.29, 1.82) is 0 Å². The Morgan fingerprint density at radius 3 is 2.30 bits per heavy atom. The smallest absolute Gasteiger partial charge is 0.223 e. The molecule has 4 heteroatoms. The van der Waals surface area contributed by atoms with Crippen molar-refractivity contribution in [3.8, 4) is 5.75 Å². The lowest BCUT2D eigenvalue weighted by atomic mass is 10.0. The van der Waals surface area contributed by atoms with Crippen LogP contribution >= 0.6 is 11.6 Å². The molecule has 1 unspecified atom stereocenters. The Kier molecular flexibility index (Phi) is 6.48. The fraction of sp³-hybridized carbons (Fsp3) is 0.316. The van der Waals surface area contributed by atoms with E-state index in [1.807, 2.05) is 55.5 Å². The van der Waals surface area contributed by atoms with E-state index in [1.165, 1.54) is 5.56 Å². The number of carbonyl (C=O) groups is 1. The van der Waals surface area contributed by atoms with Gasteiger partial charge >= 0.3 is 0 Å². The van der Waals surface area contributed by atoms with Gasteiger partial charge in [-0.2, -0.15) is 0 Å². The van der Waals surface area contributed by atoms with E-state index in [4.69, 9.17) is 16.3 Å². The quantitative estimate of drug-likeness (QED) is 0.836. The predicted molar refractivity (Wildman–Crippen MR) is 94.0 cm³/mol.